The zero-order valence-corrected chi connectivity index (χ0v) is 26.5. The first-order chi connectivity index (χ1) is 21.2. The molecular formula is C31H40ClN9O3. The van der Waals surface area contributed by atoms with Gasteiger partial charge in [0, 0.05) is 56.2 Å². The SMILES string of the molecule is CCCNC(=O)N1CC(C)N(c2nc3cc(-c4noc(=O)[nH]4)nc(-c4cncc(Cl)c4)c3n2C[C@H]2CC[C@H](C)CC2)[C@H](C)C1. The summed E-state index contributed by atoms with van der Waals surface area (Å²) in [5.74, 6) is 1.63. The largest absolute Gasteiger partial charge is 0.439 e. The van der Waals surface area contributed by atoms with Crippen LogP contribution in [-0.4, -0.2) is 72.3 Å². The molecule has 5 heterocycles. The number of piperazine rings is 1. The van der Waals surface area contributed by atoms with Crippen LogP contribution in [0.4, 0.5) is 10.7 Å². The van der Waals surface area contributed by atoms with Gasteiger partial charge in [0.2, 0.25) is 11.8 Å². The van der Waals surface area contributed by atoms with Crippen molar-refractivity contribution in [2.75, 3.05) is 24.5 Å². The molecule has 0 spiro atoms. The summed E-state index contributed by atoms with van der Waals surface area (Å²) in [4.78, 5) is 46.2. The molecule has 6 rings (SSSR count). The second kappa shape index (κ2) is 12.6. The summed E-state index contributed by atoms with van der Waals surface area (Å²) >= 11 is 6.42. The lowest BCUT2D eigenvalue weighted by atomic mass is 9.83. The number of hydrogen-bond acceptors (Lipinski definition) is 8. The third kappa shape index (κ3) is 6.04. The van der Waals surface area contributed by atoms with Gasteiger partial charge in [-0.3, -0.25) is 14.5 Å². The summed E-state index contributed by atoms with van der Waals surface area (Å²) < 4.78 is 7.12. The number of anilines is 1. The number of pyridine rings is 2. The van der Waals surface area contributed by atoms with Crippen molar-refractivity contribution in [3.05, 3.63) is 40.1 Å². The highest BCUT2D eigenvalue weighted by molar-refractivity contribution is 6.30. The number of nitrogens with zero attached hydrogens (tertiary/aromatic N) is 7. The molecule has 2 atom stereocenters. The minimum absolute atomic E-state index is 0.0173. The summed E-state index contributed by atoms with van der Waals surface area (Å²) in [5.41, 5.74) is 3.41. The topological polar surface area (TPSA) is 138 Å². The molecule has 1 saturated carbocycles. The van der Waals surface area contributed by atoms with Crippen LogP contribution in [0.25, 0.3) is 33.8 Å². The molecule has 44 heavy (non-hydrogen) atoms. The highest BCUT2D eigenvalue weighted by Gasteiger charge is 2.36. The maximum atomic E-state index is 12.9. The molecular weight excluding hydrogens is 582 g/mol. The third-order valence-electron chi connectivity index (χ3n) is 8.91. The predicted molar refractivity (Wildman–Crippen MR) is 170 cm³/mol. The van der Waals surface area contributed by atoms with E-state index in [9.17, 15) is 9.59 Å². The average Bonchev–Trinajstić information content (AvgIpc) is 3.59. The Bertz CT molecular complexity index is 1680. The summed E-state index contributed by atoms with van der Waals surface area (Å²) in [6.07, 6.45) is 8.93. The van der Waals surface area contributed by atoms with Gasteiger partial charge in [-0.1, -0.05) is 43.4 Å². The molecule has 1 aliphatic heterocycles. The van der Waals surface area contributed by atoms with Crippen molar-refractivity contribution < 1.29 is 9.32 Å². The Morgan fingerprint density at radius 1 is 1.09 bits per heavy atom. The van der Waals surface area contributed by atoms with Crippen molar-refractivity contribution in [3.8, 4) is 22.8 Å². The lowest BCUT2D eigenvalue weighted by Crippen LogP contribution is -2.60. The number of nitrogens with one attached hydrogen (secondary N) is 2. The number of imidazole rings is 1. The van der Waals surface area contributed by atoms with Crippen LogP contribution in [0.1, 0.15) is 59.8 Å². The molecule has 2 N–H and O–H groups in total. The monoisotopic (exact) mass is 621 g/mol. The number of urea groups is 1. The molecule has 234 valence electrons. The van der Waals surface area contributed by atoms with Crippen LogP contribution in [0.2, 0.25) is 5.02 Å². The number of carbonyl (C=O) groups is 1. The molecule has 1 saturated heterocycles. The van der Waals surface area contributed by atoms with E-state index in [0.29, 0.717) is 42.0 Å². The third-order valence-corrected chi connectivity index (χ3v) is 9.11. The van der Waals surface area contributed by atoms with Crippen LogP contribution < -0.4 is 16.0 Å². The van der Waals surface area contributed by atoms with E-state index in [-0.39, 0.29) is 23.9 Å². The zero-order valence-electron chi connectivity index (χ0n) is 25.7. The highest BCUT2D eigenvalue weighted by Crippen LogP contribution is 2.38. The first kappa shape index (κ1) is 30.1. The number of aromatic amines is 1. The zero-order chi connectivity index (χ0) is 31.0. The van der Waals surface area contributed by atoms with E-state index in [1.54, 1.807) is 12.4 Å². The fraction of sp³-hybridized carbons (Fsp3) is 0.548. The van der Waals surface area contributed by atoms with E-state index in [4.69, 9.17) is 26.1 Å². The van der Waals surface area contributed by atoms with Crippen LogP contribution in [0.15, 0.2) is 33.8 Å². The predicted octanol–water partition coefficient (Wildman–Crippen LogP) is 5.33. The Hall–Kier alpha value is -3.93. The minimum Gasteiger partial charge on any atom is -0.338 e. The lowest BCUT2D eigenvalue weighted by molar-refractivity contribution is 0.175. The van der Waals surface area contributed by atoms with Crippen molar-refractivity contribution in [1.82, 2.24) is 39.9 Å². The minimum atomic E-state index is -0.658. The van der Waals surface area contributed by atoms with Crippen molar-refractivity contribution in [2.45, 2.75) is 78.4 Å². The maximum absolute atomic E-state index is 12.9. The molecule has 0 bridgehead atoms. The molecule has 4 aromatic heterocycles. The van der Waals surface area contributed by atoms with Gasteiger partial charge >= 0.3 is 11.8 Å². The summed E-state index contributed by atoms with van der Waals surface area (Å²) in [7, 11) is 0. The van der Waals surface area contributed by atoms with Gasteiger partial charge in [-0.15, -0.1) is 0 Å². The van der Waals surface area contributed by atoms with E-state index in [1.807, 2.05) is 17.0 Å². The average molecular weight is 622 g/mol. The summed E-state index contributed by atoms with van der Waals surface area (Å²) in [5, 5.41) is 7.42. The van der Waals surface area contributed by atoms with Gasteiger partial charge in [0.1, 0.15) is 5.69 Å². The molecule has 2 amide bonds. The standard InChI is InChI=1S/C31H40ClN9O3/c1-5-10-34-30(42)39-15-19(3)41(20(4)16-39)29-36-24-12-25(28-37-31(43)44-38-28)35-26(22-11-23(32)14-33-13-22)27(24)40(29)17-21-8-6-18(2)7-9-21/h11-14,18-21H,5-10,15-17H2,1-4H3,(H,34,42)(H,37,38,43)/t18-,19-,20?,21-/m1/s1. The van der Waals surface area contributed by atoms with Crippen molar-refractivity contribution in [3.63, 3.8) is 0 Å². The number of rotatable bonds is 7. The molecule has 0 radical (unpaired) electrons. The quantitative estimate of drug-likeness (QED) is 0.282. The smallest absolute Gasteiger partial charge is 0.338 e. The Balaban J connectivity index is 1.50. The summed E-state index contributed by atoms with van der Waals surface area (Å²) in [6, 6.07) is 3.69. The highest BCUT2D eigenvalue weighted by atomic mass is 35.5. The van der Waals surface area contributed by atoms with Crippen LogP contribution in [0.3, 0.4) is 0 Å². The number of halogens is 1. The van der Waals surface area contributed by atoms with Crippen molar-refractivity contribution in [2.24, 2.45) is 11.8 Å². The molecule has 2 fully saturated rings. The second-order valence-electron chi connectivity index (χ2n) is 12.4. The maximum Gasteiger partial charge on any atom is 0.439 e. The number of carbonyl (C=O) groups excluding carboxylic acids is 1. The lowest BCUT2D eigenvalue weighted by Gasteiger charge is -2.45. The molecule has 12 nitrogen and oxygen atoms in total. The van der Waals surface area contributed by atoms with E-state index < -0.39 is 5.76 Å². The summed E-state index contributed by atoms with van der Waals surface area (Å²) in [6.45, 7) is 11.3. The van der Waals surface area contributed by atoms with Gasteiger partial charge in [-0.05, 0) is 57.1 Å². The molecule has 0 aromatic carbocycles. The first-order valence-electron chi connectivity index (χ1n) is 15.6. The fourth-order valence-corrected chi connectivity index (χ4v) is 6.89. The number of aromatic nitrogens is 6. The van der Waals surface area contributed by atoms with E-state index in [2.05, 4.69) is 57.6 Å². The van der Waals surface area contributed by atoms with Crippen LogP contribution in [0, 0.1) is 11.8 Å². The van der Waals surface area contributed by atoms with Gasteiger partial charge in [-0.25, -0.2) is 19.6 Å². The van der Waals surface area contributed by atoms with E-state index >= 15 is 0 Å². The van der Waals surface area contributed by atoms with E-state index in [1.165, 1.54) is 12.8 Å². The fourth-order valence-electron chi connectivity index (χ4n) is 6.71. The number of H-pyrrole nitrogens is 1. The van der Waals surface area contributed by atoms with Gasteiger partial charge in [-0.2, -0.15) is 0 Å². The van der Waals surface area contributed by atoms with Crippen molar-refractivity contribution >= 4 is 34.6 Å². The first-order valence-corrected chi connectivity index (χ1v) is 16.0. The Morgan fingerprint density at radius 2 is 1.84 bits per heavy atom. The van der Waals surface area contributed by atoms with Crippen LogP contribution >= 0.6 is 11.6 Å². The molecule has 1 unspecified atom stereocenters. The van der Waals surface area contributed by atoms with Crippen molar-refractivity contribution in [1.29, 1.82) is 0 Å². The normalized spacial score (nSPS) is 22.5. The van der Waals surface area contributed by atoms with Gasteiger partial charge < -0.3 is 19.7 Å². The number of amides is 2. The second-order valence-corrected chi connectivity index (χ2v) is 12.9. The molecule has 13 heteroatoms. The van der Waals surface area contributed by atoms with Gasteiger partial charge in [0.25, 0.3) is 0 Å². The molecule has 1 aliphatic carbocycles. The number of fused-ring (bicyclic) bond motifs is 1. The van der Waals surface area contributed by atoms with Gasteiger partial charge in [0.05, 0.1) is 21.7 Å². The van der Waals surface area contributed by atoms with Crippen LogP contribution in [0.5, 0.6) is 0 Å². The molecule has 4 aromatic rings. The number of hydrogen-bond donors (Lipinski definition) is 2. The Morgan fingerprint density at radius 3 is 2.50 bits per heavy atom. The Labute approximate surface area is 261 Å². The Kier molecular flexibility index (Phi) is 8.61. The molecule has 2 aliphatic rings. The van der Waals surface area contributed by atoms with Gasteiger partial charge in [0.15, 0.2) is 0 Å². The van der Waals surface area contributed by atoms with Crippen LogP contribution in [-0.2, 0) is 6.54 Å². The van der Waals surface area contributed by atoms with E-state index in [0.717, 1.165) is 54.3 Å².